The fourth-order valence-electron chi connectivity index (χ4n) is 3.55. The smallest absolute Gasteiger partial charge is 0.251 e. The maximum absolute atomic E-state index is 12.4. The van der Waals surface area contributed by atoms with Crippen LogP contribution in [0.25, 0.3) is 0 Å². The van der Waals surface area contributed by atoms with Crippen LogP contribution in [0, 0.1) is 0 Å². The Morgan fingerprint density at radius 3 is 3.00 bits per heavy atom. The van der Waals surface area contributed by atoms with E-state index in [0.29, 0.717) is 18.0 Å². The quantitative estimate of drug-likeness (QED) is 0.670. The van der Waals surface area contributed by atoms with E-state index in [0.717, 1.165) is 32.4 Å². The van der Waals surface area contributed by atoms with Gasteiger partial charge in [-0.3, -0.25) is 9.69 Å². The van der Waals surface area contributed by atoms with E-state index in [-0.39, 0.29) is 18.6 Å². The Balaban J connectivity index is 1.47. The van der Waals surface area contributed by atoms with Gasteiger partial charge < -0.3 is 15.2 Å². The zero-order valence-corrected chi connectivity index (χ0v) is 17.1. The molecule has 1 aromatic rings. The summed E-state index contributed by atoms with van der Waals surface area (Å²) >= 11 is 0. The normalized spacial score (nSPS) is 19.1. The number of rotatable bonds is 9. The second-order valence-corrected chi connectivity index (χ2v) is 7.66. The lowest BCUT2D eigenvalue weighted by Gasteiger charge is -2.30. The van der Waals surface area contributed by atoms with Gasteiger partial charge in [-0.2, -0.15) is 0 Å². The number of carbonyl (C=O) groups is 1. The predicted octanol–water partition coefficient (Wildman–Crippen LogP) is 2.87. The molecular weight excluding hydrogens is 366 g/mol. The highest BCUT2D eigenvalue weighted by molar-refractivity contribution is 5.94. The first-order valence-corrected chi connectivity index (χ1v) is 10.4. The van der Waals surface area contributed by atoms with Crippen molar-refractivity contribution in [2.24, 2.45) is 0 Å². The SMILES string of the molecule is C=CC1=C(/C=C\C)CCN(C[C@@H](O)CNC(=O)c2ccnc(OC3CCC3)c2)C1. The molecule has 0 saturated heterocycles. The molecule has 1 aromatic heterocycles. The Morgan fingerprint density at radius 1 is 1.48 bits per heavy atom. The predicted molar refractivity (Wildman–Crippen MR) is 114 cm³/mol. The fraction of sp³-hybridized carbons (Fsp3) is 0.478. The minimum atomic E-state index is -0.638. The summed E-state index contributed by atoms with van der Waals surface area (Å²) in [6.45, 7) is 8.27. The molecule has 0 unspecified atom stereocenters. The van der Waals surface area contributed by atoms with Crippen LogP contribution in [0.2, 0.25) is 0 Å². The summed E-state index contributed by atoms with van der Waals surface area (Å²) in [5.41, 5.74) is 2.99. The van der Waals surface area contributed by atoms with Crippen molar-refractivity contribution in [3.05, 3.63) is 59.8 Å². The number of nitrogens with zero attached hydrogens (tertiary/aromatic N) is 2. The molecule has 29 heavy (non-hydrogen) atoms. The van der Waals surface area contributed by atoms with Gasteiger partial charge in [-0.05, 0) is 49.8 Å². The summed E-state index contributed by atoms with van der Waals surface area (Å²) in [6, 6.07) is 3.32. The van der Waals surface area contributed by atoms with E-state index >= 15 is 0 Å². The van der Waals surface area contributed by atoms with Crippen LogP contribution < -0.4 is 10.1 Å². The maximum Gasteiger partial charge on any atom is 0.251 e. The number of β-amino-alcohol motifs (C(OH)–C–C–N with tert-alkyl or cyclic N) is 1. The molecule has 0 aromatic carbocycles. The number of pyridine rings is 1. The van der Waals surface area contributed by atoms with Crippen LogP contribution in [0.3, 0.4) is 0 Å². The summed E-state index contributed by atoms with van der Waals surface area (Å²) in [5, 5.41) is 13.2. The van der Waals surface area contributed by atoms with E-state index in [1.807, 2.05) is 19.1 Å². The summed E-state index contributed by atoms with van der Waals surface area (Å²) < 4.78 is 5.75. The summed E-state index contributed by atoms with van der Waals surface area (Å²) in [4.78, 5) is 18.8. The van der Waals surface area contributed by atoms with Crippen molar-refractivity contribution in [2.45, 2.75) is 44.8 Å². The largest absolute Gasteiger partial charge is 0.474 e. The first-order valence-electron chi connectivity index (χ1n) is 10.4. The average molecular weight is 398 g/mol. The van der Waals surface area contributed by atoms with Crippen LogP contribution in [-0.2, 0) is 0 Å². The van der Waals surface area contributed by atoms with E-state index in [9.17, 15) is 9.90 Å². The highest BCUT2D eigenvalue weighted by Crippen LogP contribution is 2.24. The Kier molecular flexibility index (Phi) is 7.61. The zero-order chi connectivity index (χ0) is 20.6. The van der Waals surface area contributed by atoms with E-state index in [1.165, 1.54) is 17.6 Å². The van der Waals surface area contributed by atoms with Crippen molar-refractivity contribution >= 4 is 5.91 Å². The number of aliphatic hydroxyl groups is 1. The molecule has 1 amide bonds. The Hall–Kier alpha value is -2.44. The Labute approximate surface area is 173 Å². The topological polar surface area (TPSA) is 74.7 Å². The molecule has 3 rings (SSSR count). The molecule has 2 heterocycles. The van der Waals surface area contributed by atoms with E-state index in [4.69, 9.17) is 4.74 Å². The van der Waals surface area contributed by atoms with Crippen molar-refractivity contribution < 1.29 is 14.6 Å². The standard InChI is InChI=1S/C23H31N3O3/c1-3-6-18-10-12-26(15-17(18)4-2)16-20(27)14-25-23(28)19-9-11-24-22(13-19)29-21-7-5-8-21/h3-4,6,9,11,13,20-21,27H,2,5,7-8,10,12,14-16H2,1H3,(H,25,28)/b6-3-/t20-/m0/s1. The second-order valence-electron chi connectivity index (χ2n) is 7.66. The zero-order valence-electron chi connectivity index (χ0n) is 17.1. The molecule has 0 radical (unpaired) electrons. The molecule has 0 bridgehead atoms. The summed E-state index contributed by atoms with van der Waals surface area (Å²) in [7, 11) is 0. The monoisotopic (exact) mass is 397 g/mol. The number of allylic oxidation sites excluding steroid dienone is 2. The number of hydrogen-bond acceptors (Lipinski definition) is 5. The van der Waals surface area contributed by atoms with Crippen molar-refractivity contribution in [3.8, 4) is 5.88 Å². The number of hydrogen-bond donors (Lipinski definition) is 2. The van der Waals surface area contributed by atoms with Crippen molar-refractivity contribution in [2.75, 3.05) is 26.2 Å². The number of aliphatic hydroxyl groups excluding tert-OH is 1. The van der Waals surface area contributed by atoms with Gasteiger partial charge in [0.15, 0.2) is 0 Å². The van der Waals surface area contributed by atoms with Gasteiger partial charge in [-0.25, -0.2) is 4.98 Å². The van der Waals surface area contributed by atoms with Gasteiger partial charge in [-0.15, -0.1) is 0 Å². The van der Waals surface area contributed by atoms with E-state index in [2.05, 4.69) is 27.9 Å². The molecule has 1 saturated carbocycles. The first-order chi connectivity index (χ1) is 14.1. The first kappa shape index (κ1) is 21.3. The van der Waals surface area contributed by atoms with Crippen LogP contribution in [0.1, 0.15) is 43.0 Å². The highest BCUT2D eigenvalue weighted by Gasteiger charge is 2.21. The van der Waals surface area contributed by atoms with Gasteiger partial charge in [0.2, 0.25) is 5.88 Å². The minimum absolute atomic E-state index is 0.200. The van der Waals surface area contributed by atoms with E-state index < -0.39 is 6.10 Å². The number of amides is 1. The third kappa shape index (κ3) is 6.02. The summed E-state index contributed by atoms with van der Waals surface area (Å²) in [5.74, 6) is 0.252. The van der Waals surface area contributed by atoms with Gasteiger partial charge in [0, 0.05) is 44.0 Å². The molecular formula is C23H31N3O3. The lowest BCUT2D eigenvalue weighted by molar-refractivity contribution is 0.0862. The van der Waals surface area contributed by atoms with Crippen LogP contribution in [0.4, 0.5) is 0 Å². The fourth-order valence-corrected chi connectivity index (χ4v) is 3.55. The van der Waals surface area contributed by atoms with E-state index in [1.54, 1.807) is 18.3 Å². The lowest BCUT2D eigenvalue weighted by atomic mass is 9.96. The number of aromatic nitrogens is 1. The molecule has 1 aliphatic heterocycles. The van der Waals surface area contributed by atoms with Crippen LogP contribution in [0.5, 0.6) is 5.88 Å². The highest BCUT2D eigenvalue weighted by atomic mass is 16.5. The van der Waals surface area contributed by atoms with Crippen LogP contribution >= 0.6 is 0 Å². The van der Waals surface area contributed by atoms with Gasteiger partial charge in [0.05, 0.1) is 6.10 Å². The molecule has 156 valence electrons. The van der Waals surface area contributed by atoms with Gasteiger partial charge >= 0.3 is 0 Å². The number of nitrogens with one attached hydrogen (secondary N) is 1. The molecule has 1 fully saturated rings. The maximum atomic E-state index is 12.4. The van der Waals surface area contributed by atoms with Crippen molar-refractivity contribution in [1.82, 2.24) is 15.2 Å². The van der Waals surface area contributed by atoms with Crippen LogP contribution in [-0.4, -0.2) is 59.3 Å². The molecule has 2 N–H and O–H groups in total. The molecule has 6 heteroatoms. The Bertz CT molecular complexity index is 783. The minimum Gasteiger partial charge on any atom is -0.474 e. The van der Waals surface area contributed by atoms with Crippen LogP contribution in [0.15, 0.2) is 54.3 Å². The second kappa shape index (κ2) is 10.4. The molecule has 6 nitrogen and oxygen atoms in total. The van der Waals surface area contributed by atoms with Crippen molar-refractivity contribution in [1.29, 1.82) is 0 Å². The van der Waals surface area contributed by atoms with Gasteiger partial charge in [-0.1, -0.05) is 24.8 Å². The number of ether oxygens (including phenoxy) is 1. The molecule has 2 aliphatic rings. The summed E-state index contributed by atoms with van der Waals surface area (Å²) in [6.07, 6.45) is 11.4. The molecule has 1 aliphatic carbocycles. The Morgan fingerprint density at radius 2 is 2.31 bits per heavy atom. The van der Waals surface area contributed by atoms with Gasteiger partial charge in [0.25, 0.3) is 5.91 Å². The van der Waals surface area contributed by atoms with Gasteiger partial charge in [0.1, 0.15) is 6.10 Å². The molecule has 1 atom stereocenters. The molecule has 0 spiro atoms. The third-order valence-electron chi connectivity index (χ3n) is 5.42. The lowest BCUT2D eigenvalue weighted by Crippen LogP contribution is -2.42. The number of carbonyl (C=O) groups excluding carboxylic acids is 1. The van der Waals surface area contributed by atoms with Crippen molar-refractivity contribution in [3.63, 3.8) is 0 Å². The average Bonchev–Trinajstić information content (AvgIpc) is 2.70. The third-order valence-corrected chi connectivity index (χ3v) is 5.42.